The standard InChI is InChI=1S/C15H20O3/c1-3-17-15(16)11-7-8-13(2)18-12-14-9-5-4-6-10-14/h4-7,9-11,13H,3,8,12H2,1-2H3/b11-7+/t13-/m0/s1. The van der Waals surface area contributed by atoms with Crippen LogP contribution in [0, 0.1) is 0 Å². The maximum absolute atomic E-state index is 11.1. The van der Waals surface area contributed by atoms with Crippen molar-refractivity contribution < 1.29 is 14.3 Å². The van der Waals surface area contributed by atoms with Gasteiger partial charge in [0.25, 0.3) is 0 Å². The lowest BCUT2D eigenvalue weighted by Crippen LogP contribution is -2.07. The van der Waals surface area contributed by atoms with Crippen molar-refractivity contribution in [3.8, 4) is 0 Å². The molecule has 1 atom stereocenters. The Morgan fingerprint density at radius 2 is 2.06 bits per heavy atom. The molecule has 0 amide bonds. The van der Waals surface area contributed by atoms with E-state index in [9.17, 15) is 4.79 Å². The molecule has 3 heteroatoms. The maximum atomic E-state index is 11.1. The number of esters is 1. The van der Waals surface area contributed by atoms with Crippen LogP contribution in [0.3, 0.4) is 0 Å². The van der Waals surface area contributed by atoms with Crippen LogP contribution < -0.4 is 0 Å². The quantitative estimate of drug-likeness (QED) is 0.549. The van der Waals surface area contributed by atoms with Crippen molar-refractivity contribution in [2.45, 2.75) is 33.0 Å². The second kappa shape index (κ2) is 8.48. The lowest BCUT2D eigenvalue weighted by molar-refractivity contribution is -0.137. The van der Waals surface area contributed by atoms with Gasteiger partial charge < -0.3 is 9.47 Å². The molecule has 0 spiro atoms. The number of benzene rings is 1. The van der Waals surface area contributed by atoms with Crippen LogP contribution in [0.1, 0.15) is 25.8 Å². The van der Waals surface area contributed by atoms with Crippen molar-refractivity contribution >= 4 is 5.97 Å². The fourth-order valence-corrected chi connectivity index (χ4v) is 1.43. The summed E-state index contributed by atoms with van der Waals surface area (Å²) < 4.78 is 10.5. The molecule has 0 saturated carbocycles. The highest BCUT2D eigenvalue weighted by Crippen LogP contribution is 2.06. The lowest BCUT2D eigenvalue weighted by atomic mass is 10.2. The number of carbonyl (C=O) groups is 1. The zero-order valence-corrected chi connectivity index (χ0v) is 11.0. The molecular formula is C15H20O3. The highest BCUT2D eigenvalue weighted by molar-refractivity contribution is 5.81. The van der Waals surface area contributed by atoms with Crippen molar-refractivity contribution in [1.82, 2.24) is 0 Å². The van der Waals surface area contributed by atoms with Gasteiger partial charge in [0.05, 0.1) is 19.3 Å². The van der Waals surface area contributed by atoms with Crippen molar-refractivity contribution in [3.05, 3.63) is 48.0 Å². The first-order valence-electron chi connectivity index (χ1n) is 6.21. The molecule has 0 radical (unpaired) electrons. The summed E-state index contributed by atoms with van der Waals surface area (Å²) in [5.74, 6) is -0.298. The minimum Gasteiger partial charge on any atom is -0.463 e. The Kier molecular flexibility index (Phi) is 6.81. The van der Waals surface area contributed by atoms with E-state index in [-0.39, 0.29) is 12.1 Å². The summed E-state index contributed by atoms with van der Waals surface area (Å²) in [6.45, 7) is 4.77. The first-order chi connectivity index (χ1) is 8.72. The van der Waals surface area contributed by atoms with Crippen LogP contribution in [0.25, 0.3) is 0 Å². The first-order valence-corrected chi connectivity index (χ1v) is 6.21. The minimum absolute atomic E-state index is 0.0795. The van der Waals surface area contributed by atoms with Crippen LogP contribution in [-0.4, -0.2) is 18.7 Å². The Labute approximate surface area is 108 Å². The van der Waals surface area contributed by atoms with E-state index in [1.54, 1.807) is 13.0 Å². The summed E-state index contributed by atoms with van der Waals surface area (Å²) in [5, 5.41) is 0. The predicted molar refractivity (Wildman–Crippen MR) is 71.1 cm³/mol. The van der Waals surface area contributed by atoms with E-state index < -0.39 is 0 Å². The monoisotopic (exact) mass is 248 g/mol. The minimum atomic E-state index is -0.298. The van der Waals surface area contributed by atoms with Crippen molar-refractivity contribution in [2.75, 3.05) is 6.61 Å². The zero-order chi connectivity index (χ0) is 13.2. The highest BCUT2D eigenvalue weighted by Gasteiger charge is 2.01. The second-order valence-corrected chi connectivity index (χ2v) is 4.00. The normalized spacial score (nSPS) is 12.6. The van der Waals surface area contributed by atoms with Crippen LogP contribution in [-0.2, 0) is 20.9 Å². The van der Waals surface area contributed by atoms with Gasteiger partial charge in [-0.15, -0.1) is 0 Å². The van der Waals surface area contributed by atoms with Crippen LogP contribution in [0.5, 0.6) is 0 Å². The van der Waals surface area contributed by atoms with E-state index in [0.29, 0.717) is 19.6 Å². The predicted octanol–water partition coefficient (Wildman–Crippen LogP) is 3.10. The molecule has 0 fully saturated rings. The van der Waals surface area contributed by atoms with Gasteiger partial charge in [0.2, 0.25) is 0 Å². The number of hydrogen-bond donors (Lipinski definition) is 0. The molecule has 0 bridgehead atoms. The number of ether oxygens (including phenoxy) is 2. The average molecular weight is 248 g/mol. The van der Waals surface area contributed by atoms with Crippen molar-refractivity contribution in [2.24, 2.45) is 0 Å². The van der Waals surface area contributed by atoms with Crippen LogP contribution in [0.4, 0.5) is 0 Å². The molecule has 18 heavy (non-hydrogen) atoms. The van der Waals surface area contributed by atoms with Gasteiger partial charge in [-0.3, -0.25) is 0 Å². The van der Waals surface area contributed by atoms with Gasteiger partial charge in [-0.2, -0.15) is 0 Å². The Bertz CT molecular complexity index is 371. The summed E-state index contributed by atoms with van der Waals surface area (Å²) in [7, 11) is 0. The molecule has 1 aromatic carbocycles. The summed E-state index contributed by atoms with van der Waals surface area (Å²) >= 11 is 0. The lowest BCUT2D eigenvalue weighted by Gasteiger charge is -2.10. The van der Waals surface area contributed by atoms with E-state index in [0.717, 1.165) is 5.56 Å². The van der Waals surface area contributed by atoms with E-state index >= 15 is 0 Å². The number of hydrogen-bond acceptors (Lipinski definition) is 3. The molecule has 0 aromatic heterocycles. The largest absolute Gasteiger partial charge is 0.463 e. The van der Waals surface area contributed by atoms with Crippen molar-refractivity contribution in [3.63, 3.8) is 0 Å². The van der Waals surface area contributed by atoms with E-state index in [4.69, 9.17) is 9.47 Å². The molecule has 0 N–H and O–H groups in total. The Hall–Kier alpha value is -1.61. The van der Waals surface area contributed by atoms with Crippen molar-refractivity contribution in [1.29, 1.82) is 0 Å². The van der Waals surface area contributed by atoms with E-state index in [1.807, 2.05) is 37.3 Å². The molecule has 98 valence electrons. The summed E-state index contributed by atoms with van der Waals surface area (Å²) in [5.41, 5.74) is 1.15. The zero-order valence-electron chi connectivity index (χ0n) is 11.0. The molecule has 0 unspecified atom stereocenters. The molecule has 3 nitrogen and oxygen atoms in total. The highest BCUT2D eigenvalue weighted by atomic mass is 16.5. The van der Waals surface area contributed by atoms with Gasteiger partial charge in [-0.1, -0.05) is 36.4 Å². The molecule has 0 aliphatic rings. The fourth-order valence-electron chi connectivity index (χ4n) is 1.43. The van der Waals surface area contributed by atoms with Gasteiger partial charge in [-0.05, 0) is 25.8 Å². The topological polar surface area (TPSA) is 35.5 Å². The van der Waals surface area contributed by atoms with Crippen LogP contribution >= 0.6 is 0 Å². The average Bonchev–Trinajstić information content (AvgIpc) is 2.38. The molecule has 0 heterocycles. The third-order valence-electron chi connectivity index (χ3n) is 2.39. The van der Waals surface area contributed by atoms with Crippen LogP contribution in [0.15, 0.2) is 42.5 Å². The van der Waals surface area contributed by atoms with Gasteiger partial charge in [0.15, 0.2) is 0 Å². The molecule has 1 aromatic rings. The first kappa shape index (κ1) is 14.5. The van der Waals surface area contributed by atoms with Crippen LogP contribution in [0.2, 0.25) is 0 Å². The Morgan fingerprint density at radius 3 is 2.72 bits per heavy atom. The third kappa shape index (κ3) is 6.21. The molecule has 0 aliphatic carbocycles. The Balaban J connectivity index is 2.22. The molecule has 0 saturated heterocycles. The third-order valence-corrected chi connectivity index (χ3v) is 2.39. The molecular weight excluding hydrogens is 228 g/mol. The van der Waals surface area contributed by atoms with Gasteiger partial charge in [0, 0.05) is 6.08 Å². The molecule has 0 aliphatic heterocycles. The Morgan fingerprint density at radius 1 is 1.33 bits per heavy atom. The SMILES string of the molecule is CCOC(=O)/C=C/C[C@H](C)OCc1ccccc1. The number of carbonyl (C=O) groups excluding carboxylic acids is 1. The number of rotatable bonds is 7. The van der Waals surface area contributed by atoms with Gasteiger partial charge >= 0.3 is 5.97 Å². The summed E-state index contributed by atoms with van der Waals surface area (Å²) in [6, 6.07) is 10.0. The summed E-state index contributed by atoms with van der Waals surface area (Å²) in [4.78, 5) is 11.1. The van der Waals surface area contributed by atoms with Gasteiger partial charge in [-0.25, -0.2) is 4.79 Å². The molecule has 1 rings (SSSR count). The van der Waals surface area contributed by atoms with Gasteiger partial charge in [0.1, 0.15) is 0 Å². The smallest absolute Gasteiger partial charge is 0.330 e. The fraction of sp³-hybridized carbons (Fsp3) is 0.400. The van der Waals surface area contributed by atoms with E-state index in [2.05, 4.69) is 0 Å². The summed E-state index contributed by atoms with van der Waals surface area (Å²) in [6.07, 6.45) is 4.02. The maximum Gasteiger partial charge on any atom is 0.330 e. The second-order valence-electron chi connectivity index (χ2n) is 4.00. The van der Waals surface area contributed by atoms with E-state index in [1.165, 1.54) is 6.08 Å².